The third-order valence-electron chi connectivity index (χ3n) is 3.59. The summed E-state index contributed by atoms with van der Waals surface area (Å²) in [5.41, 5.74) is 2.54. The van der Waals surface area contributed by atoms with E-state index in [9.17, 15) is 13.2 Å². The number of para-hydroxylation sites is 1. The van der Waals surface area contributed by atoms with E-state index in [-0.39, 0.29) is 13.1 Å². The molecule has 130 valence electrons. The van der Waals surface area contributed by atoms with Gasteiger partial charge < -0.3 is 5.32 Å². The average molecular weight is 357 g/mol. The molecule has 1 N–H and O–H groups in total. The highest BCUT2D eigenvalue weighted by molar-refractivity contribution is 7.88. The molecule has 0 bridgehead atoms. The monoisotopic (exact) mass is 357 g/mol. The first-order valence-electron chi connectivity index (χ1n) is 7.59. The molecule has 2 aromatic rings. The van der Waals surface area contributed by atoms with Gasteiger partial charge in [-0.3, -0.25) is 4.79 Å². The van der Waals surface area contributed by atoms with Crippen LogP contribution in [0.15, 0.2) is 48.5 Å². The van der Waals surface area contributed by atoms with E-state index in [2.05, 4.69) is 5.32 Å². The molecular weight excluding hydrogens is 338 g/mol. The first-order valence-corrected chi connectivity index (χ1v) is 9.44. The van der Waals surface area contributed by atoms with Crippen LogP contribution in [0.1, 0.15) is 16.7 Å². The smallest absolute Gasteiger partial charge is 0.239 e. The highest BCUT2D eigenvalue weighted by Gasteiger charge is 2.21. The van der Waals surface area contributed by atoms with E-state index in [1.807, 2.05) is 37.3 Å². The number of sulfonamides is 1. The topological polar surface area (TPSA) is 90.3 Å². The summed E-state index contributed by atoms with van der Waals surface area (Å²) in [5, 5.41) is 11.6. The summed E-state index contributed by atoms with van der Waals surface area (Å²) in [4.78, 5) is 12.3. The standard InChI is InChI=1S/C18H19N3O3S/c1-14-7-9-15(10-8-14)12-21(25(2,23)24)13-18(22)20-17-6-4-3-5-16(17)11-19/h3-10H,12-13H2,1-2H3,(H,20,22). The molecule has 0 heterocycles. The predicted octanol–water partition coefficient (Wildman–Crippen LogP) is 2.27. The van der Waals surface area contributed by atoms with Crippen molar-refractivity contribution in [3.8, 4) is 6.07 Å². The fourth-order valence-corrected chi connectivity index (χ4v) is 2.96. The Balaban J connectivity index is 2.13. The van der Waals surface area contributed by atoms with Gasteiger partial charge in [0.1, 0.15) is 6.07 Å². The highest BCUT2D eigenvalue weighted by atomic mass is 32.2. The van der Waals surface area contributed by atoms with Crippen molar-refractivity contribution in [2.75, 3.05) is 18.1 Å². The van der Waals surface area contributed by atoms with Crippen LogP contribution in [0.5, 0.6) is 0 Å². The summed E-state index contributed by atoms with van der Waals surface area (Å²) in [6.45, 7) is 1.72. The molecule has 0 unspecified atom stereocenters. The Morgan fingerprint density at radius 1 is 1.16 bits per heavy atom. The maximum atomic E-state index is 12.3. The number of anilines is 1. The summed E-state index contributed by atoms with van der Waals surface area (Å²) in [6, 6.07) is 16.0. The minimum Gasteiger partial charge on any atom is -0.324 e. The zero-order valence-electron chi connectivity index (χ0n) is 14.1. The number of benzene rings is 2. The van der Waals surface area contributed by atoms with Crippen molar-refractivity contribution in [2.24, 2.45) is 0 Å². The summed E-state index contributed by atoms with van der Waals surface area (Å²) in [7, 11) is -3.57. The van der Waals surface area contributed by atoms with Crippen LogP contribution in [0.3, 0.4) is 0 Å². The van der Waals surface area contributed by atoms with E-state index < -0.39 is 15.9 Å². The van der Waals surface area contributed by atoms with E-state index >= 15 is 0 Å². The molecule has 0 aliphatic carbocycles. The maximum Gasteiger partial charge on any atom is 0.239 e. The van der Waals surface area contributed by atoms with Gasteiger partial charge in [-0.25, -0.2) is 8.42 Å². The Morgan fingerprint density at radius 2 is 1.80 bits per heavy atom. The summed E-state index contributed by atoms with van der Waals surface area (Å²) in [6.07, 6.45) is 1.07. The average Bonchev–Trinajstić information content (AvgIpc) is 2.56. The number of nitriles is 1. The zero-order valence-corrected chi connectivity index (χ0v) is 14.9. The lowest BCUT2D eigenvalue weighted by Gasteiger charge is -2.20. The Hall–Kier alpha value is -2.69. The Bertz CT molecular complexity index is 900. The fraction of sp³-hybridized carbons (Fsp3) is 0.222. The van der Waals surface area contributed by atoms with Gasteiger partial charge >= 0.3 is 0 Å². The molecule has 2 rings (SSSR count). The van der Waals surface area contributed by atoms with Gasteiger partial charge in [-0.1, -0.05) is 42.0 Å². The second-order valence-electron chi connectivity index (χ2n) is 5.72. The van der Waals surface area contributed by atoms with Crippen molar-refractivity contribution >= 4 is 21.6 Å². The van der Waals surface area contributed by atoms with Crippen LogP contribution in [0.2, 0.25) is 0 Å². The molecule has 0 saturated heterocycles. The molecule has 0 saturated carbocycles. The van der Waals surface area contributed by atoms with Crippen molar-refractivity contribution < 1.29 is 13.2 Å². The third-order valence-corrected chi connectivity index (χ3v) is 4.79. The molecular formula is C18H19N3O3S. The second kappa shape index (κ2) is 7.92. The Kier molecular flexibility index (Phi) is 5.91. The number of hydrogen-bond acceptors (Lipinski definition) is 4. The van der Waals surface area contributed by atoms with Gasteiger partial charge in [0.2, 0.25) is 15.9 Å². The number of rotatable bonds is 6. The molecule has 7 heteroatoms. The molecule has 0 aliphatic rings. The van der Waals surface area contributed by atoms with Crippen LogP contribution in [0.25, 0.3) is 0 Å². The molecule has 0 atom stereocenters. The number of carbonyl (C=O) groups excluding carboxylic acids is 1. The number of carbonyl (C=O) groups is 1. The Labute approximate surface area is 147 Å². The van der Waals surface area contributed by atoms with Crippen molar-refractivity contribution in [1.82, 2.24) is 4.31 Å². The summed E-state index contributed by atoms with van der Waals surface area (Å²) >= 11 is 0. The number of hydrogen-bond donors (Lipinski definition) is 1. The molecule has 0 spiro atoms. The third kappa shape index (κ3) is 5.41. The second-order valence-corrected chi connectivity index (χ2v) is 7.70. The first kappa shape index (κ1) is 18.6. The maximum absolute atomic E-state index is 12.3. The molecule has 2 aromatic carbocycles. The van der Waals surface area contributed by atoms with Crippen molar-refractivity contribution in [1.29, 1.82) is 5.26 Å². The fourth-order valence-electron chi connectivity index (χ4n) is 2.23. The number of nitrogens with one attached hydrogen (secondary N) is 1. The minimum atomic E-state index is -3.57. The quantitative estimate of drug-likeness (QED) is 0.859. The van der Waals surface area contributed by atoms with E-state index in [1.165, 1.54) is 0 Å². The Morgan fingerprint density at radius 3 is 2.40 bits per heavy atom. The summed E-state index contributed by atoms with van der Waals surface area (Å²) < 4.78 is 25.1. The van der Waals surface area contributed by atoms with Gasteiger partial charge in [0, 0.05) is 6.54 Å². The van der Waals surface area contributed by atoms with Gasteiger partial charge in [0.05, 0.1) is 24.1 Å². The number of aryl methyl sites for hydroxylation is 1. The van der Waals surface area contributed by atoms with Gasteiger partial charge in [0.25, 0.3) is 0 Å². The first-order chi connectivity index (χ1) is 11.8. The van der Waals surface area contributed by atoms with Gasteiger partial charge in [-0.05, 0) is 24.6 Å². The van der Waals surface area contributed by atoms with Gasteiger partial charge in [0.15, 0.2) is 0 Å². The lowest BCUT2D eigenvalue weighted by atomic mass is 10.1. The largest absolute Gasteiger partial charge is 0.324 e. The van der Waals surface area contributed by atoms with Crippen molar-refractivity contribution in [3.05, 3.63) is 65.2 Å². The molecule has 1 amide bonds. The van der Waals surface area contributed by atoms with Crippen LogP contribution < -0.4 is 5.32 Å². The lowest BCUT2D eigenvalue weighted by Crippen LogP contribution is -2.37. The molecule has 0 aromatic heterocycles. The SMILES string of the molecule is Cc1ccc(CN(CC(=O)Nc2ccccc2C#N)S(C)(=O)=O)cc1. The molecule has 0 radical (unpaired) electrons. The van der Waals surface area contributed by atoms with Crippen LogP contribution in [-0.2, 0) is 21.4 Å². The van der Waals surface area contributed by atoms with E-state index in [1.54, 1.807) is 24.3 Å². The van der Waals surface area contributed by atoms with Gasteiger partial charge in [-0.15, -0.1) is 0 Å². The van der Waals surface area contributed by atoms with E-state index in [0.717, 1.165) is 21.7 Å². The van der Waals surface area contributed by atoms with Crippen LogP contribution >= 0.6 is 0 Å². The number of amides is 1. The molecule has 25 heavy (non-hydrogen) atoms. The predicted molar refractivity (Wildman–Crippen MR) is 96.2 cm³/mol. The van der Waals surface area contributed by atoms with Crippen LogP contribution in [-0.4, -0.2) is 31.4 Å². The number of nitrogens with zero attached hydrogens (tertiary/aromatic N) is 2. The zero-order chi connectivity index (χ0) is 18.4. The molecule has 0 fully saturated rings. The van der Waals surface area contributed by atoms with E-state index in [4.69, 9.17) is 5.26 Å². The van der Waals surface area contributed by atoms with Crippen molar-refractivity contribution in [3.63, 3.8) is 0 Å². The normalized spacial score (nSPS) is 11.1. The van der Waals surface area contributed by atoms with Crippen LogP contribution in [0, 0.1) is 18.3 Å². The van der Waals surface area contributed by atoms with Crippen LogP contribution in [0.4, 0.5) is 5.69 Å². The molecule has 0 aliphatic heterocycles. The van der Waals surface area contributed by atoms with Gasteiger partial charge in [-0.2, -0.15) is 9.57 Å². The van der Waals surface area contributed by atoms with E-state index in [0.29, 0.717) is 11.3 Å². The lowest BCUT2D eigenvalue weighted by molar-refractivity contribution is -0.116. The highest BCUT2D eigenvalue weighted by Crippen LogP contribution is 2.14. The minimum absolute atomic E-state index is 0.104. The van der Waals surface area contributed by atoms with Crippen molar-refractivity contribution in [2.45, 2.75) is 13.5 Å². The summed E-state index contributed by atoms with van der Waals surface area (Å²) in [5.74, 6) is -0.500. The molecule has 6 nitrogen and oxygen atoms in total.